The molecule has 1 aliphatic heterocycles. The van der Waals surface area contributed by atoms with Crippen LogP contribution in [0.15, 0.2) is 36.7 Å². The number of benzene rings is 1. The normalized spacial score (nSPS) is 14.7. The summed E-state index contributed by atoms with van der Waals surface area (Å²) in [6.45, 7) is 5.31. The Balaban J connectivity index is 1.52. The second kappa shape index (κ2) is 9.12. The van der Waals surface area contributed by atoms with Crippen LogP contribution in [0.25, 0.3) is 0 Å². The molecule has 1 saturated heterocycles. The van der Waals surface area contributed by atoms with Crippen molar-refractivity contribution in [1.29, 1.82) is 0 Å². The van der Waals surface area contributed by atoms with E-state index in [-0.39, 0.29) is 5.97 Å². The van der Waals surface area contributed by atoms with E-state index in [1.807, 2.05) is 6.07 Å². The number of rotatable bonds is 7. The smallest absolute Gasteiger partial charge is 0.337 e. The molecule has 1 aromatic carbocycles. The van der Waals surface area contributed by atoms with Crippen LogP contribution in [0.3, 0.4) is 0 Å². The van der Waals surface area contributed by atoms with Gasteiger partial charge < -0.3 is 20.1 Å². The Morgan fingerprint density at radius 3 is 2.65 bits per heavy atom. The molecule has 0 bridgehead atoms. The lowest BCUT2D eigenvalue weighted by molar-refractivity contribution is 0.0398. The summed E-state index contributed by atoms with van der Waals surface area (Å²) in [6.07, 6.45) is 1.52. The highest BCUT2D eigenvalue weighted by Crippen LogP contribution is 2.17. The summed E-state index contributed by atoms with van der Waals surface area (Å²) in [6, 6.07) is 8.88. The summed E-state index contributed by atoms with van der Waals surface area (Å²) in [4.78, 5) is 22.3. The van der Waals surface area contributed by atoms with E-state index in [4.69, 9.17) is 9.47 Å². The van der Waals surface area contributed by atoms with E-state index in [1.54, 1.807) is 24.3 Å². The van der Waals surface area contributed by atoms with Gasteiger partial charge in [0.15, 0.2) is 0 Å². The van der Waals surface area contributed by atoms with Gasteiger partial charge in [-0.05, 0) is 24.3 Å². The Bertz CT molecular complexity index is 717. The predicted molar refractivity (Wildman–Crippen MR) is 98.8 cm³/mol. The first-order chi connectivity index (χ1) is 12.7. The number of aromatic nitrogens is 2. The third-order valence-electron chi connectivity index (χ3n) is 4.08. The summed E-state index contributed by atoms with van der Waals surface area (Å²) < 4.78 is 10.0. The number of nitrogens with zero attached hydrogens (tertiary/aromatic N) is 3. The summed E-state index contributed by atoms with van der Waals surface area (Å²) in [5.74, 6) is 1.09. The van der Waals surface area contributed by atoms with Gasteiger partial charge in [-0.15, -0.1) is 0 Å². The quantitative estimate of drug-likeness (QED) is 0.725. The lowest BCUT2D eigenvalue weighted by Crippen LogP contribution is -2.39. The van der Waals surface area contributed by atoms with Crippen LogP contribution in [0.2, 0.25) is 0 Å². The number of ether oxygens (including phenoxy) is 2. The largest absolute Gasteiger partial charge is 0.465 e. The van der Waals surface area contributed by atoms with Gasteiger partial charge in [-0.2, -0.15) is 0 Å². The third kappa shape index (κ3) is 5.14. The van der Waals surface area contributed by atoms with Gasteiger partial charge in [-0.1, -0.05) is 0 Å². The highest BCUT2D eigenvalue weighted by molar-refractivity contribution is 5.89. The van der Waals surface area contributed by atoms with Gasteiger partial charge >= 0.3 is 5.97 Å². The first-order valence-electron chi connectivity index (χ1n) is 8.56. The second-order valence-electron chi connectivity index (χ2n) is 5.86. The van der Waals surface area contributed by atoms with Gasteiger partial charge in [0.1, 0.15) is 18.0 Å². The molecule has 1 fully saturated rings. The van der Waals surface area contributed by atoms with E-state index in [2.05, 4.69) is 25.5 Å². The molecule has 0 atom stereocenters. The fraction of sp³-hybridized carbons (Fsp3) is 0.389. The lowest BCUT2D eigenvalue weighted by atomic mass is 10.2. The van der Waals surface area contributed by atoms with Gasteiger partial charge in [0, 0.05) is 37.9 Å². The number of carbonyl (C=O) groups excluding carboxylic acids is 1. The fourth-order valence-corrected chi connectivity index (χ4v) is 2.64. The molecule has 26 heavy (non-hydrogen) atoms. The first-order valence-corrected chi connectivity index (χ1v) is 8.56. The van der Waals surface area contributed by atoms with Crippen LogP contribution in [-0.2, 0) is 9.47 Å². The highest BCUT2D eigenvalue weighted by atomic mass is 16.5. The zero-order valence-corrected chi connectivity index (χ0v) is 14.8. The third-order valence-corrected chi connectivity index (χ3v) is 4.08. The molecule has 2 N–H and O–H groups in total. The summed E-state index contributed by atoms with van der Waals surface area (Å²) in [7, 11) is 1.36. The molecule has 0 saturated carbocycles. The average Bonchev–Trinajstić information content (AvgIpc) is 2.69. The molecule has 2 heterocycles. The Labute approximate surface area is 152 Å². The average molecular weight is 357 g/mol. The van der Waals surface area contributed by atoms with Crippen LogP contribution in [-0.4, -0.2) is 67.3 Å². The maximum atomic E-state index is 11.5. The number of hydrogen-bond donors (Lipinski definition) is 2. The molecule has 0 amide bonds. The van der Waals surface area contributed by atoms with Gasteiger partial charge in [0.25, 0.3) is 0 Å². The second-order valence-corrected chi connectivity index (χ2v) is 5.86. The minimum Gasteiger partial charge on any atom is -0.465 e. The Hall–Kier alpha value is -2.71. The Morgan fingerprint density at radius 2 is 1.92 bits per heavy atom. The predicted octanol–water partition coefficient (Wildman–Crippen LogP) is 1.75. The topological polar surface area (TPSA) is 88.6 Å². The van der Waals surface area contributed by atoms with Crippen LogP contribution in [0.1, 0.15) is 10.4 Å². The molecule has 0 unspecified atom stereocenters. The SMILES string of the molecule is COC(=O)c1ccc(Nc2cc(NCCN3CCOCC3)ncn2)cc1. The van der Waals surface area contributed by atoms with Crippen molar-refractivity contribution in [2.24, 2.45) is 0 Å². The summed E-state index contributed by atoms with van der Waals surface area (Å²) in [5, 5.41) is 6.51. The molecule has 138 valence electrons. The summed E-state index contributed by atoms with van der Waals surface area (Å²) in [5.41, 5.74) is 1.34. The number of esters is 1. The monoisotopic (exact) mass is 357 g/mol. The van der Waals surface area contributed by atoms with Crippen LogP contribution < -0.4 is 10.6 Å². The lowest BCUT2D eigenvalue weighted by Gasteiger charge is -2.26. The zero-order chi connectivity index (χ0) is 18.2. The van der Waals surface area contributed by atoms with Crippen molar-refractivity contribution in [1.82, 2.24) is 14.9 Å². The number of methoxy groups -OCH3 is 1. The van der Waals surface area contributed by atoms with Crippen molar-refractivity contribution in [3.8, 4) is 0 Å². The van der Waals surface area contributed by atoms with Crippen LogP contribution >= 0.6 is 0 Å². The molecule has 0 radical (unpaired) electrons. The van der Waals surface area contributed by atoms with Crippen molar-refractivity contribution in [3.63, 3.8) is 0 Å². The van der Waals surface area contributed by atoms with Gasteiger partial charge in [0.05, 0.1) is 25.9 Å². The van der Waals surface area contributed by atoms with Crippen molar-refractivity contribution >= 4 is 23.3 Å². The fourth-order valence-electron chi connectivity index (χ4n) is 2.64. The number of hydrogen-bond acceptors (Lipinski definition) is 8. The Kier molecular flexibility index (Phi) is 6.34. The Morgan fingerprint density at radius 1 is 1.19 bits per heavy atom. The minimum atomic E-state index is -0.356. The molecule has 2 aromatic rings. The maximum absolute atomic E-state index is 11.5. The molecule has 8 nitrogen and oxygen atoms in total. The minimum absolute atomic E-state index is 0.356. The number of carbonyl (C=O) groups is 1. The zero-order valence-electron chi connectivity index (χ0n) is 14.8. The van der Waals surface area contributed by atoms with Crippen LogP contribution in [0.4, 0.5) is 17.3 Å². The highest BCUT2D eigenvalue weighted by Gasteiger charge is 2.09. The van der Waals surface area contributed by atoms with Gasteiger partial charge in [0.2, 0.25) is 0 Å². The summed E-state index contributed by atoms with van der Waals surface area (Å²) >= 11 is 0. The number of nitrogens with one attached hydrogen (secondary N) is 2. The first kappa shape index (κ1) is 18.1. The van der Waals surface area contributed by atoms with E-state index in [9.17, 15) is 4.79 Å². The molecular formula is C18H23N5O3. The van der Waals surface area contributed by atoms with Gasteiger partial charge in [-0.25, -0.2) is 14.8 Å². The van der Waals surface area contributed by atoms with Crippen molar-refractivity contribution in [2.45, 2.75) is 0 Å². The maximum Gasteiger partial charge on any atom is 0.337 e. The molecule has 1 aromatic heterocycles. The van der Waals surface area contributed by atoms with E-state index >= 15 is 0 Å². The molecule has 0 spiro atoms. The van der Waals surface area contributed by atoms with Crippen molar-refractivity contribution in [3.05, 3.63) is 42.2 Å². The molecule has 0 aliphatic carbocycles. The standard InChI is InChI=1S/C18H23N5O3/c1-25-18(24)14-2-4-15(5-3-14)22-17-12-16(20-13-21-17)19-6-7-23-8-10-26-11-9-23/h2-5,12-13H,6-11H2,1H3,(H2,19,20,21,22). The van der Waals surface area contributed by atoms with E-state index in [0.29, 0.717) is 11.4 Å². The number of anilines is 3. The molecular weight excluding hydrogens is 334 g/mol. The molecule has 1 aliphatic rings. The van der Waals surface area contributed by atoms with Crippen molar-refractivity contribution in [2.75, 3.05) is 57.1 Å². The molecule has 3 rings (SSSR count). The van der Waals surface area contributed by atoms with E-state index in [0.717, 1.165) is 50.9 Å². The van der Waals surface area contributed by atoms with E-state index in [1.165, 1.54) is 13.4 Å². The molecule has 8 heteroatoms. The van der Waals surface area contributed by atoms with Gasteiger partial charge in [-0.3, -0.25) is 4.90 Å². The van der Waals surface area contributed by atoms with E-state index < -0.39 is 0 Å². The van der Waals surface area contributed by atoms with Crippen LogP contribution in [0, 0.1) is 0 Å². The number of morpholine rings is 1. The van der Waals surface area contributed by atoms with Crippen LogP contribution in [0.5, 0.6) is 0 Å². The van der Waals surface area contributed by atoms with Crippen molar-refractivity contribution < 1.29 is 14.3 Å².